The van der Waals surface area contributed by atoms with Gasteiger partial charge in [0.25, 0.3) is 0 Å². The van der Waals surface area contributed by atoms with Crippen LogP contribution >= 0.6 is 0 Å². The molecule has 0 radical (unpaired) electrons. The van der Waals surface area contributed by atoms with E-state index in [2.05, 4.69) is 9.88 Å². The van der Waals surface area contributed by atoms with Crippen LogP contribution in [0.25, 0.3) is 16.8 Å². The zero-order valence-corrected chi connectivity index (χ0v) is 13.9. The molecule has 0 bridgehead atoms. The summed E-state index contributed by atoms with van der Waals surface area (Å²) >= 11 is 0. The molecule has 128 valence electrons. The van der Waals surface area contributed by atoms with E-state index in [0.29, 0.717) is 24.5 Å². The molecule has 4 rings (SSSR count). The van der Waals surface area contributed by atoms with Gasteiger partial charge in [0, 0.05) is 43.7 Å². The van der Waals surface area contributed by atoms with E-state index in [1.165, 1.54) is 13.0 Å². The van der Waals surface area contributed by atoms with Gasteiger partial charge in [0.15, 0.2) is 5.78 Å². The average molecular weight is 339 g/mol. The smallest absolute Gasteiger partial charge is 0.176 e. The number of ether oxygens (including phenoxy) is 1. The van der Waals surface area contributed by atoms with Gasteiger partial charge in [0.2, 0.25) is 0 Å². The second-order valence-electron chi connectivity index (χ2n) is 6.07. The van der Waals surface area contributed by atoms with Crippen molar-refractivity contribution in [2.24, 2.45) is 0 Å². The number of anilines is 1. The highest BCUT2D eigenvalue weighted by atomic mass is 19.1. The number of carbonyl (C=O) groups excluding carboxylic acids is 1. The summed E-state index contributed by atoms with van der Waals surface area (Å²) < 4.78 is 21.5. The molecule has 0 atom stereocenters. The van der Waals surface area contributed by atoms with E-state index >= 15 is 0 Å². The molecule has 25 heavy (non-hydrogen) atoms. The molecule has 0 unspecified atom stereocenters. The predicted molar refractivity (Wildman–Crippen MR) is 93.6 cm³/mol. The van der Waals surface area contributed by atoms with Gasteiger partial charge in [-0.25, -0.2) is 4.39 Å². The maximum atomic E-state index is 14.3. The number of hydrogen-bond acceptors (Lipinski definition) is 4. The van der Waals surface area contributed by atoms with Crippen LogP contribution in [-0.2, 0) is 4.74 Å². The van der Waals surface area contributed by atoms with E-state index in [9.17, 15) is 9.18 Å². The number of Topliss-reactive ketones (excluding diaryl/α,β-unsaturated/α-hetero) is 1. The normalized spacial score (nSPS) is 14.9. The number of aromatic nitrogens is 2. The van der Waals surface area contributed by atoms with Crippen LogP contribution in [0.3, 0.4) is 0 Å². The number of carbonyl (C=O) groups is 1. The summed E-state index contributed by atoms with van der Waals surface area (Å²) in [7, 11) is 0. The second kappa shape index (κ2) is 6.29. The van der Waals surface area contributed by atoms with Crippen LogP contribution < -0.4 is 4.90 Å². The third-order valence-corrected chi connectivity index (χ3v) is 4.51. The van der Waals surface area contributed by atoms with Crippen LogP contribution in [0, 0.1) is 5.82 Å². The van der Waals surface area contributed by atoms with Gasteiger partial charge in [0.05, 0.1) is 24.4 Å². The molecular formula is C19H18FN3O2. The first kappa shape index (κ1) is 15.8. The maximum absolute atomic E-state index is 14.3. The fraction of sp³-hybridized carbons (Fsp3) is 0.263. The van der Waals surface area contributed by atoms with Gasteiger partial charge >= 0.3 is 0 Å². The van der Waals surface area contributed by atoms with Crippen LogP contribution in [0.5, 0.6) is 0 Å². The van der Waals surface area contributed by atoms with Crippen molar-refractivity contribution in [3.63, 3.8) is 0 Å². The van der Waals surface area contributed by atoms with E-state index in [4.69, 9.17) is 4.74 Å². The lowest BCUT2D eigenvalue weighted by molar-refractivity contribution is 0.101. The number of hydrogen-bond donors (Lipinski definition) is 0. The van der Waals surface area contributed by atoms with Crippen LogP contribution in [0.4, 0.5) is 10.1 Å². The number of pyridine rings is 2. The Bertz CT molecular complexity index is 945. The molecule has 1 aliphatic rings. The van der Waals surface area contributed by atoms with Gasteiger partial charge in [-0.3, -0.25) is 9.78 Å². The van der Waals surface area contributed by atoms with Gasteiger partial charge in [0.1, 0.15) is 11.5 Å². The lowest BCUT2D eigenvalue weighted by Gasteiger charge is -2.29. The first-order valence-electron chi connectivity index (χ1n) is 8.25. The van der Waals surface area contributed by atoms with Gasteiger partial charge in [-0.15, -0.1) is 0 Å². The molecule has 0 N–H and O–H groups in total. The van der Waals surface area contributed by atoms with Crippen LogP contribution in [-0.4, -0.2) is 41.5 Å². The van der Waals surface area contributed by atoms with Gasteiger partial charge in [-0.2, -0.15) is 0 Å². The Labute approximate surface area is 144 Å². The van der Waals surface area contributed by atoms with Crippen molar-refractivity contribution in [1.82, 2.24) is 9.38 Å². The van der Waals surface area contributed by atoms with Gasteiger partial charge in [-0.05, 0) is 30.3 Å². The van der Waals surface area contributed by atoms with Crippen molar-refractivity contribution >= 4 is 17.0 Å². The molecule has 4 heterocycles. The quantitative estimate of drug-likeness (QED) is 0.688. The van der Waals surface area contributed by atoms with E-state index < -0.39 is 5.82 Å². The van der Waals surface area contributed by atoms with Crippen molar-refractivity contribution in [2.75, 3.05) is 31.2 Å². The minimum absolute atomic E-state index is 0.0725. The first-order chi connectivity index (χ1) is 12.1. The van der Waals surface area contributed by atoms with E-state index in [1.54, 1.807) is 22.7 Å². The topological polar surface area (TPSA) is 46.8 Å². The van der Waals surface area contributed by atoms with Crippen LogP contribution in [0.1, 0.15) is 17.4 Å². The largest absolute Gasteiger partial charge is 0.378 e. The molecule has 0 aromatic carbocycles. The Morgan fingerprint density at radius 1 is 1.24 bits per heavy atom. The lowest BCUT2D eigenvalue weighted by atomic mass is 10.1. The van der Waals surface area contributed by atoms with Gasteiger partial charge < -0.3 is 14.0 Å². The molecule has 0 amide bonds. The fourth-order valence-electron chi connectivity index (χ4n) is 3.25. The zero-order valence-electron chi connectivity index (χ0n) is 13.9. The molecule has 0 aliphatic carbocycles. The Kier molecular flexibility index (Phi) is 3.97. The van der Waals surface area contributed by atoms with Crippen LogP contribution in [0.2, 0.25) is 0 Å². The molecule has 5 nitrogen and oxygen atoms in total. The highest BCUT2D eigenvalue weighted by Crippen LogP contribution is 2.31. The first-order valence-corrected chi connectivity index (χ1v) is 8.25. The minimum atomic E-state index is -0.401. The summed E-state index contributed by atoms with van der Waals surface area (Å²) in [6.45, 7) is 4.50. The number of morpholine rings is 1. The molecule has 6 heteroatoms. The van der Waals surface area contributed by atoms with E-state index in [-0.39, 0.29) is 11.5 Å². The summed E-state index contributed by atoms with van der Waals surface area (Å²) in [6, 6.07) is 8.62. The van der Waals surface area contributed by atoms with Crippen molar-refractivity contribution < 1.29 is 13.9 Å². The summed E-state index contributed by atoms with van der Waals surface area (Å²) in [6.07, 6.45) is 3.42. The molecule has 1 saturated heterocycles. The molecule has 0 spiro atoms. The Morgan fingerprint density at radius 3 is 2.76 bits per heavy atom. The fourth-order valence-corrected chi connectivity index (χ4v) is 3.25. The van der Waals surface area contributed by atoms with E-state index in [0.717, 1.165) is 24.3 Å². The SMILES string of the molecule is CC(=O)c1cc(-c2ncccc2F)c2cc(N3CCOCC3)ccn12. The Hall–Kier alpha value is -2.73. The maximum Gasteiger partial charge on any atom is 0.176 e. The van der Waals surface area contributed by atoms with Crippen molar-refractivity contribution in [2.45, 2.75) is 6.92 Å². The second-order valence-corrected chi connectivity index (χ2v) is 6.07. The van der Waals surface area contributed by atoms with Crippen molar-refractivity contribution in [1.29, 1.82) is 0 Å². The summed E-state index contributed by atoms with van der Waals surface area (Å²) in [4.78, 5) is 18.4. The number of halogens is 1. The minimum Gasteiger partial charge on any atom is -0.378 e. The lowest BCUT2D eigenvalue weighted by Crippen LogP contribution is -2.36. The number of ketones is 1. The highest BCUT2D eigenvalue weighted by molar-refractivity contribution is 5.98. The molecular weight excluding hydrogens is 321 g/mol. The molecule has 3 aromatic rings. The van der Waals surface area contributed by atoms with E-state index in [1.807, 2.05) is 18.3 Å². The summed E-state index contributed by atoms with van der Waals surface area (Å²) in [5, 5.41) is 0. The Morgan fingerprint density at radius 2 is 2.04 bits per heavy atom. The average Bonchev–Trinajstić information content (AvgIpc) is 3.02. The molecule has 1 fully saturated rings. The Balaban J connectivity index is 1.91. The predicted octanol–water partition coefficient (Wildman–Crippen LogP) is 3.18. The standard InChI is InChI=1S/C19H18FN3O2/c1-13(24)17-12-15(19-16(20)3-2-5-21-19)18-11-14(4-6-23(17)18)22-7-9-25-10-8-22/h2-6,11-12H,7-10H2,1H3. The number of rotatable bonds is 3. The van der Waals surface area contributed by atoms with Crippen LogP contribution in [0.15, 0.2) is 42.7 Å². The molecule has 0 saturated carbocycles. The number of nitrogens with zero attached hydrogens (tertiary/aromatic N) is 3. The number of fused-ring (bicyclic) bond motifs is 1. The third-order valence-electron chi connectivity index (χ3n) is 4.51. The third kappa shape index (κ3) is 2.78. The zero-order chi connectivity index (χ0) is 17.4. The highest BCUT2D eigenvalue weighted by Gasteiger charge is 2.19. The summed E-state index contributed by atoms with van der Waals surface area (Å²) in [5.74, 6) is -0.474. The molecule has 1 aliphatic heterocycles. The van der Waals surface area contributed by atoms with Gasteiger partial charge in [-0.1, -0.05) is 0 Å². The molecule has 3 aromatic heterocycles. The van der Waals surface area contributed by atoms with Crippen molar-refractivity contribution in [3.05, 3.63) is 54.2 Å². The van der Waals surface area contributed by atoms with Crippen molar-refractivity contribution in [3.8, 4) is 11.3 Å². The summed E-state index contributed by atoms with van der Waals surface area (Å²) in [5.41, 5.74) is 3.20. The monoisotopic (exact) mass is 339 g/mol.